The Bertz CT molecular complexity index is 1170. The van der Waals surface area contributed by atoms with Crippen LogP contribution in [0.3, 0.4) is 0 Å². The molecule has 0 saturated heterocycles. The third-order valence-corrected chi connectivity index (χ3v) is 6.53. The maximum Gasteiger partial charge on any atom is 0.341 e. The van der Waals surface area contributed by atoms with Crippen molar-refractivity contribution in [3.8, 4) is 5.75 Å². The molecule has 0 bridgehead atoms. The van der Waals surface area contributed by atoms with Crippen LogP contribution in [0, 0.1) is 6.92 Å². The number of primary amides is 1. The van der Waals surface area contributed by atoms with Gasteiger partial charge in [0.05, 0.1) is 40.4 Å². The first-order chi connectivity index (χ1) is 15.8. The van der Waals surface area contributed by atoms with Crippen molar-refractivity contribution in [1.29, 1.82) is 0 Å². The molecule has 1 aromatic carbocycles. The maximum absolute atomic E-state index is 12.6. The number of methoxy groups -OCH3 is 1. The second-order valence-corrected chi connectivity index (χ2v) is 8.73. The van der Waals surface area contributed by atoms with E-state index in [2.05, 4.69) is 15.3 Å². The second-order valence-electron chi connectivity index (χ2n) is 6.74. The monoisotopic (exact) mass is 492 g/mol. The van der Waals surface area contributed by atoms with Crippen LogP contribution in [0.2, 0.25) is 0 Å². The number of nitrogens with one attached hydrogen (secondary N) is 2. The first-order valence-corrected chi connectivity index (χ1v) is 11.8. The van der Waals surface area contributed by atoms with Crippen LogP contribution in [0.25, 0.3) is 11.0 Å². The summed E-state index contributed by atoms with van der Waals surface area (Å²) in [6.07, 6.45) is 0. The molecule has 3 rings (SSSR count). The number of hydrogen-bond donors (Lipinski definition) is 3. The smallest absolute Gasteiger partial charge is 0.341 e. The fourth-order valence-corrected chi connectivity index (χ4v) is 4.71. The number of esters is 1. The lowest BCUT2D eigenvalue weighted by atomic mass is 10.1. The number of hydrogen-bond acceptors (Lipinski definition) is 9. The first kappa shape index (κ1) is 24.6. The number of imidazole rings is 1. The molecule has 0 fully saturated rings. The molecule has 12 heteroatoms. The molecule has 2 aromatic heterocycles. The topological polar surface area (TPSA) is 146 Å². The van der Waals surface area contributed by atoms with Crippen molar-refractivity contribution < 1.29 is 28.6 Å². The molecule has 3 aromatic rings. The summed E-state index contributed by atoms with van der Waals surface area (Å²) in [4.78, 5) is 44.6. The van der Waals surface area contributed by atoms with Crippen LogP contribution < -0.4 is 15.8 Å². The molecule has 0 radical (unpaired) electrons. The van der Waals surface area contributed by atoms with Gasteiger partial charge in [-0.25, -0.2) is 9.78 Å². The minimum absolute atomic E-state index is 0.0269. The number of rotatable bonds is 11. The van der Waals surface area contributed by atoms with E-state index in [1.54, 1.807) is 6.92 Å². The highest BCUT2D eigenvalue weighted by Crippen LogP contribution is 2.34. The molecule has 0 aliphatic rings. The van der Waals surface area contributed by atoms with Gasteiger partial charge in [-0.05, 0) is 31.5 Å². The molecule has 0 saturated carbocycles. The average molecular weight is 493 g/mol. The molecule has 0 unspecified atom stereocenters. The number of fused-ring (bicyclic) bond motifs is 1. The van der Waals surface area contributed by atoms with Crippen molar-refractivity contribution in [2.75, 3.05) is 38.0 Å². The third-order valence-electron chi connectivity index (χ3n) is 4.43. The molecule has 2 heterocycles. The number of thiophene rings is 1. The zero-order valence-electron chi connectivity index (χ0n) is 18.4. The molecule has 10 nitrogen and oxygen atoms in total. The number of carbonyl (C=O) groups is 3. The van der Waals surface area contributed by atoms with Gasteiger partial charge in [0.2, 0.25) is 5.91 Å². The van der Waals surface area contributed by atoms with Gasteiger partial charge in [0.25, 0.3) is 5.91 Å². The summed E-state index contributed by atoms with van der Waals surface area (Å²) in [5.41, 5.74) is 7.43. The molecule has 0 atom stereocenters. The number of amides is 2. The third kappa shape index (κ3) is 6.03. The number of nitrogens with two attached hydrogens (primary N) is 1. The summed E-state index contributed by atoms with van der Waals surface area (Å²) in [6, 6.07) is 5.51. The Morgan fingerprint density at radius 2 is 2.06 bits per heavy atom. The molecule has 0 aliphatic heterocycles. The van der Waals surface area contributed by atoms with Gasteiger partial charge in [-0.2, -0.15) is 0 Å². The Morgan fingerprint density at radius 1 is 1.27 bits per heavy atom. The van der Waals surface area contributed by atoms with Crippen LogP contribution >= 0.6 is 23.1 Å². The number of aromatic nitrogens is 2. The minimum atomic E-state index is -0.688. The number of ether oxygens (including phenoxy) is 3. The van der Waals surface area contributed by atoms with Crippen LogP contribution in [0.15, 0.2) is 23.4 Å². The SMILES string of the molecule is CCOc1ccc2nc(SCC(=O)Nc3sc(C(N)=O)c(C)c3C(=O)OCCOC)[nH]c2c1. The van der Waals surface area contributed by atoms with E-state index >= 15 is 0 Å². The first-order valence-electron chi connectivity index (χ1n) is 9.98. The fourth-order valence-electron chi connectivity index (χ4n) is 2.96. The highest BCUT2D eigenvalue weighted by atomic mass is 32.2. The van der Waals surface area contributed by atoms with Crippen molar-refractivity contribution in [2.45, 2.75) is 19.0 Å². The minimum Gasteiger partial charge on any atom is -0.494 e. The zero-order valence-corrected chi connectivity index (χ0v) is 20.0. The van der Waals surface area contributed by atoms with Gasteiger partial charge in [-0.3, -0.25) is 9.59 Å². The Kier molecular flexibility index (Phi) is 8.31. The molecule has 33 heavy (non-hydrogen) atoms. The lowest BCUT2D eigenvalue weighted by Gasteiger charge is -2.07. The summed E-state index contributed by atoms with van der Waals surface area (Å²) >= 11 is 2.14. The standard InChI is InChI=1S/C21H24N4O6S2/c1-4-30-12-5-6-13-14(9-12)24-21(23-13)32-10-15(26)25-19-16(20(28)31-8-7-29-3)11(2)17(33-19)18(22)27/h5-6,9H,4,7-8,10H2,1-3H3,(H2,22,27)(H,23,24)(H,25,26). The van der Waals surface area contributed by atoms with E-state index in [4.69, 9.17) is 19.9 Å². The molecule has 2 amide bonds. The van der Waals surface area contributed by atoms with Crippen LogP contribution in [-0.2, 0) is 14.3 Å². The maximum atomic E-state index is 12.6. The van der Waals surface area contributed by atoms with Gasteiger partial charge in [0, 0.05) is 13.2 Å². The highest BCUT2D eigenvalue weighted by Gasteiger charge is 2.26. The number of carbonyl (C=O) groups excluding carboxylic acids is 3. The zero-order chi connectivity index (χ0) is 24.0. The van der Waals surface area contributed by atoms with E-state index in [1.165, 1.54) is 18.9 Å². The van der Waals surface area contributed by atoms with E-state index in [-0.39, 0.29) is 40.3 Å². The van der Waals surface area contributed by atoms with E-state index in [1.807, 2.05) is 25.1 Å². The van der Waals surface area contributed by atoms with Crippen molar-refractivity contribution in [3.05, 3.63) is 34.2 Å². The largest absolute Gasteiger partial charge is 0.494 e. The van der Waals surface area contributed by atoms with Gasteiger partial charge >= 0.3 is 5.97 Å². The lowest BCUT2D eigenvalue weighted by molar-refractivity contribution is -0.113. The van der Waals surface area contributed by atoms with Crippen LogP contribution in [-0.4, -0.2) is 60.4 Å². The van der Waals surface area contributed by atoms with E-state index in [0.717, 1.165) is 28.1 Å². The number of aromatic amines is 1. The molecule has 0 aliphatic carbocycles. The summed E-state index contributed by atoms with van der Waals surface area (Å²) < 4.78 is 15.5. The fraction of sp³-hybridized carbons (Fsp3) is 0.333. The average Bonchev–Trinajstić information content (AvgIpc) is 3.32. The predicted octanol–water partition coefficient (Wildman–Crippen LogP) is 2.96. The van der Waals surface area contributed by atoms with Gasteiger partial charge in [-0.1, -0.05) is 11.8 Å². The Labute approximate surface area is 198 Å². The van der Waals surface area contributed by atoms with Crippen molar-refractivity contribution in [1.82, 2.24) is 9.97 Å². The van der Waals surface area contributed by atoms with Crippen LogP contribution in [0.4, 0.5) is 5.00 Å². The van der Waals surface area contributed by atoms with E-state index in [9.17, 15) is 14.4 Å². The molecular formula is C21H24N4O6S2. The number of anilines is 1. The summed E-state index contributed by atoms with van der Waals surface area (Å²) in [5.74, 6) is -0.977. The number of H-pyrrole nitrogens is 1. The van der Waals surface area contributed by atoms with Gasteiger partial charge < -0.3 is 30.2 Å². The van der Waals surface area contributed by atoms with E-state index in [0.29, 0.717) is 17.3 Å². The Morgan fingerprint density at radius 3 is 2.76 bits per heavy atom. The quantitative estimate of drug-likeness (QED) is 0.210. The normalized spacial score (nSPS) is 10.9. The molecule has 4 N–H and O–H groups in total. The summed E-state index contributed by atoms with van der Waals surface area (Å²) in [7, 11) is 1.48. The van der Waals surface area contributed by atoms with Gasteiger partial charge in [-0.15, -0.1) is 11.3 Å². The van der Waals surface area contributed by atoms with Gasteiger partial charge in [0.1, 0.15) is 17.4 Å². The summed E-state index contributed by atoms with van der Waals surface area (Å²) in [6.45, 7) is 4.31. The number of benzene rings is 1. The molecule has 0 spiro atoms. The number of nitrogens with zero attached hydrogens (tertiary/aromatic N) is 1. The molecular weight excluding hydrogens is 468 g/mol. The predicted molar refractivity (Wildman–Crippen MR) is 126 cm³/mol. The second kappa shape index (κ2) is 11.2. The Balaban J connectivity index is 1.70. The highest BCUT2D eigenvalue weighted by molar-refractivity contribution is 7.99. The van der Waals surface area contributed by atoms with Crippen molar-refractivity contribution >= 4 is 56.9 Å². The van der Waals surface area contributed by atoms with Crippen LogP contribution in [0.5, 0.6) is 5.75 Å². The lowest BCUT2D eigenvalue weighted by Crippen LogP contribution is -2.17. The molecule has 176 valence electrons. The Hall–Kier alpha value is -3.09. The van der Waals surface area contributed by atoms with Crippen LogP contribution in [0.1, 0.15) is 32.5 Å². The summed E-state index contributed by atoms with van der Waals surface area (Å²) in [5, 5.41) is 3.46. The van der Waals surface area contributed by atoms with Crippen molar-refractivity contribution in [3.63, 3.8) is 0 Å². The number of thioether (sulfide) groups is 1. The van der Waals surface area contributed by atoms with E-state index < -0.39 is 11.9 Å². The van der Waals surface area contributed by atoms with Gasteiger partial charge in [0.15, 0.2) is 5.16 Å². The van der Waals surface area contributed by atoms with Crippen molar-refractivity contribution in [2.24, 2.45) is 5.73 Å².